The lowest BCUT2D eigenvalue weighted by atomic mass is 10.1. The Balaban J connectivity index is 2.31. The highest BCUT2D eigenvalue weighted by atomic mass is 32.2. The van der Waals surface area contributed by atoms with Crippen molar-refractivity contribution in [3.8, 4) is 0 Å². The number of aromatic nitrogens is 2. The maximum Gasteiger partial charge on any atom is 0.272 e. The van der Waals surface area contributed by atoms with Crippen molar-refractivity contribution in [3.63, 3.8) is 0 Å². The lowest BCUT2D eigenvalue weighted by Crippen LogP contribution is -2.44. The molecule has 2 aromatic heterocycles. The van der Waals surface area contributed by atoms with Gasteiger partial charge in [0, 0.05) is 12.1 Å². The van der Waals surface area contributed by atoms with Crippen molar-refractivity contribution in [1.82, 2.24) is 14.9 Å². The van der Waals surface area contributed by atoms with Crippen molar-refractivity contribution >= 4 is 39.2 Å². The first-order valence-electron chi connectivity index (χ1n) is 7.19. The molecule has 2 rings (SSSR count). The van der Waals surface area contributed by atoms with Crippen LogP contribution in [0.25, 0.3) is 10.2 Å². The summed E-state index contributed by atoms with van der Waals surface area (Å²) in [5, 5.41) is 5.09. The Labute approximate surface area is 138 Å². The summed E-state index contributed by atoms with van der Waals surface area (Å²) in [7, 11) is 0. The van der Waals surface area contributed by atoms with Gasteiger partial charge in [-0.25, -0.2) is 4.98 Å². The van der Waals surface area contributed by atoms with Gasteiger partial charge < -0.3 is 5.32 Å². The number of hydrogen-bond acceptors (Lipinski definition) is 5. The molecule has 22 heavy (non-hydrogen) atoms. The van der Waals surface area contributed by atoms with Gasteiger partial charge in [0.05, 0.1) is 10.8 Å². The molecule has 2 aromatic rings. The summed E-state index contributed by atoms with van der Waals surface area (Å²) in [6.45, 7) is 10.1. The molecular formula is C15H21N3O2S2. The SMILES string of the molecule is CCn1c(SC(C)C(=O)NC(C)(C)C)nc2ccsc2c1=O. The molecule has 0 aliphatic rings. The highest BCUT2D eigenvalue weighted by Crippen LogP contribution is 2.24. The minimum absolute atomic E-state index is 0.0339. The Morgan fingerprint density at radius 3 is 2.77 bits per heavy atom. The molecule has 1 atom stereocenters. The van der Waals surface area contributed by atoms with Crippen molar-refractivity contribution in [2.24, 2.45) is 0 Å². The van der Waals surface area contributed by atoms with Gasteiger partial charge in [0.15, 0.2) is 5.16 Å². The van der Waals surface area contributed by atoms with Crippen LogP contribution in [0.15, 0.2) is 21.4 Å². The summed E-state index contributed by atoms with van der Waals surface area (Å²) in [6.07, 6.45) is 0. The standard InChI is InChI=1S/C15H21N3O2S2/c1-6-18-13(20)11-10(7-8-21-11)16-14(18)22-9(2)12(19)17-15(3,4)5/h7-9H,6H2,1-5H3,(H,17,19). The van der Waals surface area contributed by atoms with Crippen molar-refractivity contribution in [3.05, 3.63) is 21.8 Å². The predicted molar refractivity (Wildman–Crippen MR) is 92.8 cm³/mol. The first-order valence-corrected chi connectivity index (χ1v) is 8.95. The Hall–Kier alpha value is -1.34. The zero-order valence-corrected chi connectivity index (χ0v) is 15.1. The Bertz CT molecular complexity index is 743. The molecule has 0 bridgehead atoms. The average molecular weight is 339 g/mol. The van der Waals surface area contributed by atoms with Crippen molar-refractivity contribution in [1.29, 1.82) is 0 Å². The van der Waals surface area contributed by atoms with Crippen LogP contribution in [0.4, 0.5) is 0 Å². The lowest BCUT2D eigenvalue weighted by molar-refractivity contribution is -0.121. The number of nitrogens with zero attached hydrogens (tertiary/aromatic N) is 2. The van der Waals surface area contributed by atoms with Crippen LogP contribution >= 0.6 is 23.1 Å². The van der Waals surface area contributed by atoms with Crippen LogP contribution in [0.3, 0.4) is 0 Å². The van der Waals surface area contributed by atoms with E-state index in [1.165, 1.54) is 23.1 Å². The van der Waals surface area contributed by atoms with Gasteiger partial charge in [-0.3, -0.25) is 14.2 Å². The van der Waals surface area contributed by atoms with Crippen molar-refractivity contribution in [2.75, 3.05) is 0 Å². The van der Waals surface area contributed by atoms with E-state index in [0.29, 0.717) is 21.9 Å². The van der Waals surface area contributed by atoms with Gasteiger partial charge in [0.2, 0.25) is 5.91 Å². The fourth-order valence-electron chi connectivity index (χ4n) is 1.98. The van der Waals surface area contributed by atoms with E-state index in [9.17, 15) is 9.59 Å². The van der Waals surface area contributed by atoms with Gasteiger partial charge in [-0.2, -0.15) is 0 Å². The fourth-order valence-corrected chi connectivity index (χ4v) is 3.73. The zero-order chi connectivity index (χ0) is 16.5. The second-order valence-electron chi connectivity index (χ2n) is 6.08. The van der Waals surface area contributed by atoms with E-state index in [-0.39, 0.29) is 22.3 Å². The maximum atomic E-state index is 12.4. The van der Waals surface area contributed by atoms with Gasteiger partial charge >= 0.3 is 0 Å². The summed E-state index contributed by atoms with van der Waals surface area (Å²) in [5.74, 6) is -0.0557. The molecule has 1 N–H and O–H groups in total. The highest BCUT2D eigenvalue weighted by molar-refractivity contribution is 8.00. The second-order valence-corrected chi connectivity index (χ2v) is 8.30. The molecule has 0 spiro atoms. The summed E-state index contributed by atoms with van der Waals surface area (Å²) in [5.41, 5.74) is 0.389. The molecule has 0 aliphatic heterocycles. The molecule has 2 heterocycles. The van der Waals surface area contributed by atoms with Crippen LogP contribution in [-0.4, -0.2) is 26.2 Å². The number of carbonyl (C=O) groups is 1. The van der Waals surface area contributed by atoms with Gasteiger partial charge in [-0.1, -0.05) is 11.8 Å². The highest BCUT2D eigenvalue weighted by Gasteiger charge is 2.22. The molecule has 5 nitrogen and oxygen atoms in total. The van der Waals surface area contributed by atoms with Crippen LogP contribution < -0.4 is 10.9 Å². The number of hydrogen-bond donors (Lipinski definition) is 1. The van der Waals surface area contributed by atoms with E-state index < -0.39 is 0 Å². The summed E-state index contributed by atoms with van der Waals surface area (Å²) in [6, 6.07) is 1.84. The number of amides is 1. The summed E-state index contributed by atoms with van der Waals surface area (Å²) < 4.78 is 2.29. The zero-order valence-electron chi connectivity index (χ0n) is 13.5. The predicted octanol–water partition coefficient (Wildman–Crippen LogP) is 2.87. The third-order valence-corrected chi connectivity index (χ3v) is 4.98. The van der Waals surface area contributed by atoms with E-state index >= 15 is 0 Å². The van der Waals surface area contributed by atoms with E-state index in [2.05, 4.69) is 10.3 Å². The minimum Gasteiger partial charge on any atom is -0.351 e. The molecule has 0 aliphatic carbocycles. The molecular weight excluding hydrogens is 318 g/mol. The summed E-state index contributed by atoms with van der Waals surface area (Å²) in [4.78, 5) is 29.2. The van der Waals surface area contributed by atoms with E-state index in [1.54, 1.807) is 4.57 Å². The number of fused-ring (bicyclic) bond motifs is 1. The lowest BCUT2D eigenvalue weighted by Gasteiger charge is -2.23. The molecule has 120 valence electrons. The molecule has 0 aromatic carbocycles. The molecule has 0 radical (unpaired) electrons. The quantitative estimate of drug-likeness (QED) is 0.687. The van der Waals surface area contributed by atoms with Crippen molar-refractivity contribution in [2.45, 2.75) is 57.1 Å². The van der Waals surface area contributed by atoms with Crippen LogP contribution in [0, 0.1) is 0 Å². The Morgan fingerprint density at radius 1 is 1.50 bits per heavy atom. The van der Waals surface area contributed by atoms with Gasteiger partial charge in [-0.05, 0) is 46.1 Å². The largest absolute Gasteiger partial charge is 0.351 e. The second kappa shape index (κ2) is 6.42. The Morgan fingerprint density at radius 2 is 2.18 bits per heavy atom. The normalized spacial score (nSPS) is 13.3. The van der Waals surface area contributed by atoms with E-state index in [4.69, 9.17) is 0 Å². The van der Waals surface area contributed by atoms with Crippen LogP contribution in [0.5, 0.6) is 0 Å². The smallest absolute Gasteiger partial charge is 0.272 e. The van der Waals surface area contributed by atoms with Crippen molar-refractivity contribution < 1.29 is 4.79 Å². The topological polar surface area (TPSA) is 64.0 Å². The number of nitrogens with one attached hydrogen (secondary N) is 1. The van der Waals surface area contributed by atoms with Crippen LogP contribution in [0.1, 0.15) is 34.6 Å². The first kappa shape index (κ1) is 17.0. The molecule has 0 saturated carbocycles. The van der Waals surface area contributed by atoms with E-state index in [0.717, 1.165) is 0 Å². The molecule has 7 heteroatoms. The molecule has 0 saturated heterocycles. The number of thioether (sulfide) groups is 1. The number of thiophene rings is 1. The number of rotatable bonds is 4. The third-order valence-electron chi connectivity index (χ3n) is 3.00. The Kier molecular flexibility index (Phi) is 4.97. The average Bonchev–Trinajstić information content (AvgIpc) is 2.85. The van der Waals surface area contributed by atoms with E-state index in [1.807, 2.05) is 46.1 Å². The molecule has 0 fully saturated rings. The number of carbonyl (C=O) groups excluding carboxylic acids is 1. The third kappa shape index (κ3) is 3.70. The van der Waals surface area contributed by atoms with Gasteiger partial charge in [-0.15, -0.1) is 11.3 Å². The minimum atomic E-state index is -0.319. The fraction of sp³-hybridized carbons (Fsp3) is 0.533. The molecule has 1 unspecified atom stereocenters. The summed E-state index contributed by atoms with van der Waals surface area (Å²) >= 11 is 2.72. The monoisotopic (exact) mass is 339 g/mol. The maximum absolute atomic E-state index is 12.4. The van der Waals surface area contributed by atoms with Crippen LogP contribution in [-0.2, 0) is 11.3 Å². The first-order chi connectivity index (χ1) is 10.2. The van der Waals surface area contributed by atoms with Crippen LogP contribution in [0.2, 0.25) is 0 Å². The van der Waals surface area contributed by atoms with Gasteiger partial charge in [0.1, 0.15) is 4.70 Å². The molecule has 1 amide bonds. The van der Waals surface area contributed by atoms with Gasteiger partial charge in [0.25, 0.3) is 5.56 Å².